The third-order valence-electron chi connectivity index (χ3n) is 2.96. The number of aromatic nitrogens is 4. The lowest BCUT2D eigenvalue weighted by Crippen LogP contribution is -2.22. The van der Waals surface area contributed by atoms with Gasteiger partial charge in [-0.2, -0.15) is 0 Å². The van der Waals surface area contributed by atoms with Crippen LogP contribution in [0.3, 0.4) is 0 Å². The second kappa shape index (κ2) is 6.74. The van der Waals surface area contributed by atoms with E-state index in [1.54, 1.807) is 31.3 Å². The normalized spacial score (nSPS) is 12.3. The first-order chi connectivity index (χ1) is 11.0. The molecule has 0 aliphatic rings. The lowest BCUT2D eigenvalue weighted by atomic mass is 10.4. The van der Waals surface area contributed by atoms with Crippen molar-refractivity contribution in [1.29, 1.82) is 0 Å². The molecule has 3 aromatic rings. The number of carbonyl (C=O) groups is 1. The summed E-state index contributed by atoms with van der Waals surface area (Å²) in [7, 11) is 0. The van der Waals surface area contributed by atoms with E-state index in [9.17, 15) is 4.79 Å². The van der Waals surface area contributed by atoms with Crippen LogP contribution >= 0.6 is 35.0 Å². The molecule has 118 valence electrons. The number of imidazole rings is 1. The number of anilines is 1. The van der Waals surface area contributed by atoms with Crippen molar-refractivity contribution in [2.45, 2.75) is 17.3 Å². The molecule has 0 aromatic carbocycles. The summed E-state index contributed by atoms with van der Waals surface area (Å²) in [5, 5.41) is 3.72. The smallest absolute Gasteiger partial charge is 0.237 e. The van der Waals surface area contributed by atoms with Crippen molar-refractivity contribution in [3.63, 3.8) is 0 Å². The molecule has 0 bridgehead atoms. The summed E-state index contributed by atoms with van der Waals surface area (Å²) in [6.45, 7) is 1.78. The number of H-pyrrole nitrogens is 1. The number of thioether (sulfide) groups is 1. The third kappa shape index (κ3) is 3.74. The predicted octanol–water partition coefficient (Wildman–Crippen LogP) is 3.78. The van der Waals surface area contributed by atoms with Crippen LogP contribution in [0.4, 0.5) is 5.69 Å². The molecule has 0 saturated heterocycles. The molecular weight excluding hydrogens is 357 g/mol. The summed E-state index contributed by atoms with van der Waals surface area (Å²) >= 11 is 13.1. The first-order valence-corrected chi connectivity index (χ1v) is 8.26. The fraction of sp³-hybridized carbons (Fsp3) is 0.143. The van der Waals surface area contributed by atoms with Crippen molar-refractivity contribution >= 4 is 57.7 Å². The van der Waals surface area contributed by atoms with Gasteiger partial charge in [0.05, 0.1) is 21.5 Å². The first kappa shape index (κ1) is 16.0. The van der Waals surface area contributed by atoms with E-state index < -0.39 is 0 Å². The number of hydrogen-bond donors (Lipinski definition) is 2. The summed E-state index contributed by atoms with van der Waals surface area (Å²) in [5.41, 5.74) is 1.76. The summed E-state index contributed by atoms with van der Waals surface area (Å²) in [6.07, 6.45) is 3.09. The Morgan fingerprint density at radius 3 is 3.00 bits per heavy atom. The average molecular weight is 368 g/mol. The fourth-order valence-corrected chi connectivity index (χ4v) is 2.98. The third-order valence-corrected chi connectivity index (χ3v) is 4.45. The minimum absolute atomic E-state index is 0.198. The second-order valence-corrected chi connectivity index (χ2v) is 6.78. The van der Waals surface area contributed by atoms with E-state index in [2.05, 4.69) is 25.3 Å². The highest BCUT2D eigenvalue weighted by atomic mass is 35.5. The number of halogens is 2. The number of nitrogens with one attached hydrogen (secondary N) is 2. The molecular formula is C14H11Cl2N5OS. The predicted molar refractivity (Wildman–Crippen MR) is 92.1 cm³/mol. The highest BCUT2D eigenvalue weighted by Crippen LogP contribution is 2.25. The van der Waals surface area contributed by atoms with Gasteiger partial charge in [-0.15, -0.1) is 0 Å². The van der Waals surface area contributed by atoms with Gasteiger partial charge in [0.1, 0.15) is 0 Å². The number of carbonyl (C=O) groups excluding carboxylic acids is 1. The largest absolute Gasteiger partial charge is 0.331 e. The maximum absolute atomic E-state index is 12.2. The van der Waals surface area contributed by atoms with E-state index in [0.29, 0.717) is 21.5 Å². The van der Waals surface area contributed by atoms with Crippen LogP contribution in [0.2, 0.25) is 10.2 Å². The molecule has 0 radical (unpaired) electrons. The molecule has 9 heteroatoms. The van der Waals surface area contributed by atoms with Crippen LogP contribution in [0.1, 0.15) is 6.92 Å². The summed E-state index contributed by atoms with van der Waals surface area (Å²) in [6, 6.07) is 5.13. The van der Waals surface area contributed by atoms with E-state index in [0.717, 1.165) is 5.52 Å². The van der Waals surface area contributed by atoms with Gasteiger partial charge in [0.2, 0.25) is 5.91 Å². The second-order valence-electron chi connectivity index (χ2n) is 4.66. The van der Waals surface area contributed by atoms with Gasteiger partial charge < -0.3 is 10.3 Å². The van der Waals surface area contributed by atoms with Crippen molar-refractivity contribution in [2.24, 2.45) is 0 Å². The van der Waals surface area contributed by atoms with Gasteiger partial charge in [0.15, 0.2) is 16.0 Å². The summed E-state index contributed by atoms with van der Waals surface area (Å²) in [4.78, 5) is 27.7. The molecule has 6 nitrogen and oxygen atoms in total. The van der Waals surface area contributed by atoms with Crippen molar-refractivity contribution in [3.05, 3.63) is 40.8 Å². The molecule has 0 aliphatic carbocycles. The zero-order valence-corrected chi connectivity index (χ0v) is 14.2. The molecule has 0 unspecified atom stereocenters. The van der Waals surface area contributed by atoms with Crippen molar-refractivity contribution in [3.8, 4) is 0 Å². The monoisotopic (exact) mass is 367 g/mol. The zero-order chi connectivity index (χ0) is 16.4. The Balaban J connectivity index is 1.71. The average Bonchev–Trinajstić information content (AvgIpc) is 2.90. The number of pyridine rings is 2. The molecule has 0 saturated carbocycles. The van der Waals surface area contributed by atoms with Crippen LogP contribution in [-0.4, -0.2) is 31.1 Å². The quantitative estimate of drug-likeness (QED) is 0.541. The number of nitrogens with zero attached hydrogens (tertiary/aromatic N) is 3. The summed E-state index contributed by atoms with van der Waals surface area (Å²) in [5.74, 6) is -0.198. The van der Waals surface area contributed by atoms with Crippen molar-refractivity contribution < 1.29 is 4.79 Å². The number of hydrogen-bond acceptors (Lipinski definition) is 5. The van der Waals surface area contributed by atoms with Crippen LogP contribution in [0.5, 0.6) is 0 Å². The Morgan fingerprint density at radius 1 is 1.39 bits per heavy atom. The molecule has 2 N–H and O–H groups in total. The van der Waals surface area contributed by atoms with Gasteiger partial charge in [-0.1, -0.05) is 35.0 Å². The van der Waals surface area contributed by atoms with Gasteiger partial charge >= 0.3 is 0 Å². The lowest BCUT2D eigenvalue weighted by molar-refractivity contribution is -0.115. The van der Waals surface area contributed by atoms with Gasteiger partial charge in [0, 0.05) is 12.4 Å². The standard InChI is InChI=1S/C14H11Cl2N5OS/c1-7(13(22)19-9-3-2-4-17-11(9)16)23-14-20-10-5-8(15)6-18-12(10)21-14/h2-7H,1H3,(H,19,22)(H,18,20,21)/t7-/m0/s1. The SMILES string of the molecule is C[C@H](Sc1nc2ncc(Cl)cc2[nH]1)C(=O)Nc1cccnc1Cl. The topological polar surface area (TPSA) is 83.6 Å². The van der Waals surface area contributed by atoms with E-state index in [1.165, 1.54) is 18.0 Å². The number of fused-ring (bicyclic) bond motifs is 1. The molecule has 3 rings (SSSR count). The molecule has 0 aliphatic heterocycles. The maximum atomic E-state index is 12.2. The van der Waals surface area contributed by atoms with Crippen molar-refractivity contribution in [1.82, 2.24) is 19.9 Å². The highest BCUT2D eigenvalue weighted by Gasteiger charge is 2.18. The number of amides is 1. The van der Waals surface area contributed by atoms with Crippen molar-refractivity contribution in [2.75, 3.05) is 5.32 Å². The first-order valence-electron chi connectivity index (χ1n) is 6.62. The van der Waals surface area contributed by atoms with E-state index in [1.807, 2.05) is 0 Å². The van der Waals surface area contributed by atoms with E-state index in [4.69, 9.17) is 23.2 Å². The summed E-state index contributed by atoms with van der Waals surface area (Å²) < 4.78 is 0. The number of aromatic amines is 1. The Bertz CT molecular complexity index is 869. The lowest BCUT2D eigenvalue weighted by Gasteiger charge is -2.10. The van der Waals surface area contributed by atoms with E-state index in [-0.39, 0.29) is 16.3 Å². The van der Waals surface area contributed by atoms with Gasteiger partial charge in [-0.05, 0) is 25.1 Å². The molecule has 3 heterocycles. The number of rotatable bonds is 4. The minimum Gasteiger partial charge on any atom is -0.331 e. The fourth-order valence-electron chi connectivity index (χ4n) is 1.84. The Morgan fingerprint density at radius 2 is 2.22 bits per heavy atom. The zero-order valence-electron chi connectivity index (χ0n) is 11.9. The molecule has 1 atom stereocenters. The molecule has 1 amide bonds. The highest BCUT2D eigenvalue weighted by molar-refractivity contribution is 8.00. The Kier molecular flexibility index (Phi) is 4.70. The molecule has 3 aromatic heterocycles. The maximum Gasteiger partial charge on any atom is 0.237 e. The van der Waals surface area contributed by atoms with Crippen LogP contribution in [0.15, 0.2) is 35.7 Å². The van der Waals surface area contributed by atoms with Gasteiger partial charge in [0.25, 0.3) is 0 Å². The molecule has 0 fully saturated rings. The van der Waals surface area contributed by atoms with Gasteiger partial charge in [-0.25, -0.2) is 15.0 Å². The van der Waals surface area contributed by atoms with Crippen LogP contribution < -0.4 is 5.32 Å². The molecule has 0 spiro atoms. The Labute approximate surface area is 146 Å². The van der Waals surface area contributed by atoms with Crippen LogP contribution in [0.25, 0.3) is 11.2 Å². The minimum atomic E-state index is -0.387. The van der Waals surface area contributed by atoms with Crippen LogP contribution in [-0.2, 0) is 4.79 Å². The van der Waals surface area contributed by atoms with Crippen LogP contribution in [0, 0.1) is 0 Å². The van der Waals surface area contributed by atoms with E-state index >= 15 is 0 Å². The Hall–Kier alpha value is -1.83. The molecule has 23 heavy (non-hydrogen) atoms. The van der Waals surface area contributed by atoms with Gasteiger partial charge in [-0.3, -0.25) is 4.79 Å².